The third kappa shape index (κ3) is 9.93. The first kappa shape index (κ1) is 59.2. The first-order valence-electron chi connectivity index (χ1n) is 34.0. The molecule has 0 aliphatic heterocycles. The third-order valence-electron chi connectivity index (χ3n) is 19.8. The summed E-state index contributed by atoms with van der Waals surface area (Å²) in [4.78, 5) is 48.1. The van der Waals surface area contributed by atoms with Crippen molar-refractivity contribution in [2.75, 3.05) is 0 Å². The molecule has 7 heterocycles. The SMILES string of the molecule is CC1(C)c2ccccc2-c2c(-c3ccc4sc5cc(-c6ccc(-c7nc(-c8ccc9oc%10cccc(-c%11nc(-c%12ccccc%12)nc(-c%12ccccc%12)n%11)c%10c9c8)nc8c7sc7ccccc78)cc6)cc(-c6cc(-c7ccccc7)nc(-c7ccccc7)n6)c5c4c3)nc(-c3ccccc3)nc21. The molecule has 20 rings (SSSR count). The molecule has 478 valence electrons. The Balaban J connectivity index is 0.746. The van der Waals surface area contributed by atoms with Gasteiger partial charge in [0.15, 0.2) is 34.9 Å². The van der Waals surface area contributed by atoms with E-state index in [1.54, 1.807) is 22.7 Å². The standard InChI is InChI=1S/C90H55N9OS2/c1-90(2)68-36-20-18-33-62(68)78-79(93-85(96-83(78)90)56-27-12-5-13-28-56)59-44-46-74-67(47-59)77-65(70-51-69(53-23-8-3-9-24-53)91-84(92-70)55-25-10-4-11-26-55)49-61(50-75(77)101-74)52-39-41-54(42-40-52)80-82-81(63-34-19-21-38-73(63)102-82)95-88(94-80)60-43-45-71-66(48-60)76-64(35-22-37-72(76)100-71)89-98-86(57-29-14-6-15-30-57)97-87(99-89)58-31-16-7-17-32-58/h3-51H,1-2H3. The second-order valence-electron chi connectivity index (χ2n) is 26.3. The molecular formula is C90H55N9OS2. The van der Waals surface area contributed by atoms with Crippen molar-refractivity contribution >= 4 is 85.1 Å². The van der Waals surface area contributed by atoms with E-state index in [4.69, 9.17) is 49.3 Å². The molecule has 1 aliphatic carbocycles. The molecule has 0 saturated heterocycles. The van der Waals surface area contributed by atoms with Crippen molar-refractivity contribution in [1.82, 2.24) is 44.9 Å². The summed E-state index contributed by atoms with van der Waals surface area (Å²) in [5.74, 6) is 3.67. The molecule has 102 heavy (non-hydrogen) atoms. The molecule has 0 spiro atoms. The number of thiophene rings is 2. The van der Waals surface area contributed by atoms with Crippen molar-refractivity contribution in [3.63, 3.8) is 0 Å². The Morgan fingerprint density at radius 2 is 0.824 bits per heavy atom. The van der Waals surface area contributed by atoms with Gasteiger partial charge >= 0.3 is 0 Å². The molecule has 7 aromatic heterocycles. The van der Waals surface area contributed by atoms with Crippen molar-refractivity contribution in [2.45, 2.75) is 19.3 Å². The lowest BCUT2D eigenvalue weighted by Crippen LogP contribution is -2.17. The van der Waals surface area contributed by atoms with E-state index in [0.29, 0.717) is 34.9 Å². The van der Waals surface area contributed by atoms with Crippen LogP contribution in [0.25, 0.3) is 198 Å². The Labute approximate surface area is 593 Å². The molecule has 1 aliphatic rings. The largest absolute Gasteiger partial charge is 0.456 e. The number of fused-ring (bicyclic) bond motifs is 12. The summed E-state index contributed by atoms with van der Waals surface area (Å²) in [7, 11) is 0. The molecule has 10 nitrogen and oxygen atoms in total. The second-order valence-corrected chi connectivity index (χ2v) is 28.5. The number of benzene rings is 12. The maximum absolute atomic E-state index is 6.66. The minimum atomic E-state index is -0.350. The van der Waals surface area contributed by atoms with Crippen LogP contribution in [0, 0.1) is 0 Å². The minimum absolute atomic E-state index is 0.350. The van der Waals surface area contributed by atoms with Gasteiger partial charge in [-0.15, -0.1) is 22.7 Å². The highest BCUT2D eigenvalue weighted by molar-refractivity contribution is 7.26. The van der Waals surface area contributed by atoms with Gasteiger partial charge in [0.1, 0.15) is 11.2 Å². The highest BCUT2D eigenvalue weighted by atomic mass is 32.1. The van der Waals surface area contributed by atoms with Crippen molar-refractivity contribution in [3.05, 3.63) is 309 Å². The van der Waals surface area contributed by atoms with E-state index in [-0.39, 0.29) is 5.41 Å². The Morgan fingerprint density at radius 1 is 0.284 bits per heavy atom. The number of nitrogens with zero attached hydrogens (tertiary/aromatic N) is 9. The fraction of sp³-hybridized carbons (Fsp3) is 0.0333. The molecule has 0 atom stereocenters. The second kappa shape index (κ2) is 23.7. The summed E-state index contributed by atoms with van der Waals surface area (Å²) in [6, 6.07) is 103. The van der Waals surface area contributed by atoms with Crippen LogP contribution in [-0.2, 0) is 5.41 Å². The molecule has 0 fully saturated rings. The van der Waals surface area contributed by atoms with E-state index in [0.717, 1.165) is 163 Å². The smallest absolute Gasteiger partial charge is 0.164 e. The third-order valence-corrected chi connectivity index (χ3v) is 22.0. The van der Waals surface area contributed by atoms with E-state index < -0.39 is 0 Å². The van der Waals surface area contributed by atoms with Gasteiger partial charge in [0.2, 0.25) is 0 Å². The van der Waals surface area contributed by atoms with Gasteiger partial charge in [-0.3, -0.25) is 0 Å². The number of hydrogen-bond acceptors (Lipinski definition) is 12. The molecule has 0 unspecified atom stereocenters. The summed E-state index contributed by atoms with van der Waals surface area (Å²) in [5, 5.41) is 5.10. The Morgan fingerprint density at radius 3 is 1.53 bits per heavy atom. The molecule has 19 aromatic rings. The number of furan rings is 1. The maximum atomic E-state index is 6.66. The fourth-order valence-electron chi connectivity index (χ4n) is 14.8. The normalized spacial score (nSPS) is 12.5. The maximum Gasteiger partial charge on any atom is 0.164 e. The Kier molecular flexibility index (Phi) is 13.7. The lowest BCUT2D eigenvalue weighted by molar-refractivity contribution is 0.636. The average molecular weight is 1340 g/mol. The zero-order valence-corrected chi connectivity index (χ0v) is 56.7. The van der Waals surface area contributed by atoms with E-state index in [1.165, 1.54) is 11.1 Å². The zero-order chi connectivity index (χ0) is 67.6. The predicted octanol–water partition coefficient (Wildman–Crippen LogP) is 23.5. The molecular weight excluding hydrogens is 1290 g/mol. The van der Waals surface area contributed by atoms with E-state index in [1.807, 2.05) is 109 Å². The summed E-state index contributed by atoms with van der Waals surface area (Å²) >= 11 is 3.51. The van der Waals surface area contributed by atoms with Crippen LogP contribution < -0.4 is 0 Å². The van der Waals surface area contributed by atoms with Crippen LogP contribution in [0.15, 0.2) is 302 Å². The summed E-state index contributed by atoms with van der Waals surface area (Å²) in [6.45, 7) is 4.57. The topological polar surface area (TPSA) is 129 Å². The fourth-order valence-corrected chi connectivity index (χ4v) is 17.1. The van der Waals surface area contributed by atoms with E-state index >= 15 is 0 Å². The molecule has 12 aromatic carbocycles. The van der Waals surface area contributed by atoms with Crippen LogP contribution in [0.2, 0.25) is 0 Å². The lowest BCUT2D eigenvalue weighted by Gasteiger charge is -2.21. The van der Waals surface area contributed by atoms with Gasteiger partial charge < -0.3 is 4.42 Å². The Bertz CT molecular complexity index is 6460. The van der Waals surface area contributed by atoms with Crippen molar-refractivity contribution in [1.29, 1.82) is 0 Å². The van der Waals surface area contributed by atoms with Crippen LogP contribution in [0.3, 0.4) is 0 Å². The van der Waals surface area contributed by atoms with Crippen LogP contribution >= 0.6 is 22.7 Å². The molecule has 0 radical (unpaired) electrons. The van der Waals surface area contributed by atoms with Gasteiger partial charge in [-0.25, -0.2) is 44.9 Å². The first-order valence-corrected chi connectivity index (χ1v) is 35.6. The van der Waals surface area contributed by atoms with Crippen LogP contribution in [0.5, 0.6) is 0 Å². The molecule has 0 bridgehead atoms. The minimum Gasteiger partial charge on any atom is -0.456 e. The van der Waals surface area contributed by atoms with Crippen molar-refractivity contribution in [3.8, 4) is 136 Å². The molecule has 12 heteroatoms. The van der Waals surface area contributed by atoms with E-state index in [2.05, 4.69) is 202 Å². The average Bonchev–Trinajstić information content (AvgIpc) is 1.55. The van der Waals surface area contributed by atoms with Gasteiger partial charge in [-0.1, -0.05) is 250 Å². The first-order chi connectivity index (χ1) is 50.3. The molecule has 0 saturated carbocycles. The summed E-state index contributed by atoms with van der Waals surface area (Å²) in [6.07, 6.45) is 0. The van der Waals surface area contributed by atoms with Gasteiger partial charge in [0, 0.05) is 108 Å². The van der Waals surface area contributed by atoms with E-state index in [9.17, 15) is 0 Å². The predicted molar refractivity (Wildman–Crippen MR) is 417 cm³/mol. The van der Waals surface area contributed by atoms with Crippen molar-refractivity contribution < 1.29 is 4.42 Å². The number of aromatic nitrogens is 9. The number of rotatable bonds is 11. The molecule has 0 N–H and O–H groups in total. The summed E-state index contributed by atoms with van der Waals surface area (Å²) < 4.78 is 11.1. The lowest BCUT2D eigenvalue weighted by atomic mass is 9.85. The zero-order valence-electron chi connectivity index (χ0n) is 55.0. The highest BCUT2D eigenvalue weighted by Gasteiger charge is 2.40. The number of hydrogen-bond donors (Lipinski definition) is 0. The van der Waals surface area contributed by atoms with Gasteiger partial charge in [-0.2, -0.15) is 0 Å². The quantitative estimate of drug-likeness (QED) is 0.123. The van der Waals surface area contributed by atoms with Gasteiger partial charge in [0.05, 0.1) is 38.7 Å². The van der Waals surface area contributed by atoms with Crippen molar-refractivity contribution in [2.24, 2.45) is 0 Å². The monoisotopic (exact) mass is 1340 g/mol. The van der Waals surface area contributed by atoms with Gasteiger partial charge in [0.25, 0.3) is 0 Å². The van der Waals surface area contributed by atoms with Crippen LogP contribution in [-0.4, -0.2) is 44.9 Å². The highest BCUT2D eigenvalue weighted by Crippen LogP contribution is 2.53. The summed E-state index contributed by atoms with van der Waals surface area (Å²) in [5.41, 5.74) is 21.4. The molecule has 0 amide bonds. The van der Waals surface area contributed by atoms with Crippen LogP contribution in [0.4, 0.5) is 0 Å². The van der Waals surface area contributed by atoms with Crippen LogP contribution in [0.1, 0.15) is 25.1 Å². The Hall–Kier alpha value is -12.9. The van der Waals surface area contributed by atoms with Gasteiger partial charge in [-0.05, 0) is 82.9 Å².